The molecule has 1 aromatic rings. The molecule has 0 amide bonds. The van der Waals surface area contributed by atoms with Gasteiger partial charge in [-0.1, -0.05) is 30.8 Å². The fourth-order valence-electron chi connectivity index (χ4n) is 3.48. The van der Waals surface area contributed by atoms with Crippen molar-refractivity contribution in [1.82, 2.24) is 15.0 Å². The van der Waals surface area contributed by atoms with Crippen molar-refractivity contribution in [3.63, 3.8) is 0 Å². The molecule has 1 unspecified atom stereocenters. The highest BCUT2D eigenvalue weighted by atomic mass is 35.5. The number of likely N-dealkylation sites (tertiary alicyclic amines) is 1. The first-order chi connectivity index (χ1) is 9.69. The number of hydrogen-bond acceptors (Lipinski definition) is 5. The second kappa shape index (κ2) is 7.07. The van der Waals surface area contributed by atoms with Crippen LogP contribution in [0.2, 0.25) is 0 Å². The predicted octanol–water partition coefficient (Wildman–Crippen LogP) is 3.16. The van der Waals surface area contributed by atoms with Crippen LogP contribution in [0.15, 0.2) is 4.52 Å². The average Bonchev–Trinajstić information content (AvgIpc) is 3.02. The molecule has 1 aliphatic carbocycles. The highest BCUT2D eigenvalue weighted by Crippen LogP contribution is 2.35. The van der Waals surface area contributed by atoms with Crippen LogP contribution in [-0.4, -0.2) is 28.1 Å². The van der Waals surface area contributed by atoms with E-state index in [0.29, 0.717) is 5.82 Å². The van der Waals surface area contributed by atoms with Crippen molar-refractivity contribution < 1.29 is 4.52 Å². The Kier molecular flexibility index (Phi) is 5.63. The monoisotopic (exact) mass is 314 g/mol. The molecule has 120 valence electrons. The Balaban J connectivity index is 0.00000161. The smallest absolute Gasteiger partial charge is 0.243 e. The molecule has 1 aliphatic heterocycles. The Morgan fingerprint density at radius 3 is 2.33 bits per heavy atom. The summed E-state index contributed by atoms with van der Waals surface area (Å²) in [6, 6.07) is 0.208. The number of hydrogen-bond donors (Lipinski definition) is 1. The van der Waals surface area contributed by atoms with E-state index in [0.717, 1.165) is 31.8 Å². The first-order valence-corrected chi connectivity index (χ1v) is 8.06. The van der Waals surface area contributed by atoms with E-state index in [2.05, 4.69) is 22.0 Å². The maximum atomic E-state index is 6.40. The summed E-state index contributed by atoms with van der Waals surface area (Å²) in [4.78, 5) is 7.09. The molecule has 1 saturated heterocycles. The van der Waals surface area contributed by atoms with Gasteiger partial charge in [0.25, 0.3) is 0 Å². The van der Waals surface area contributed by atoms with E-state index >= 15 is 0 Å². The van der Waals surface area contributed by atoms with E-state index in [9.17, 15) is 0 Å². The maximum absolute atomic E-state index is 6.40. The van der Waals surface area contributed by atoms with Gasteiger partial charge in [0.2, 0.25) is 5.89 Å². The fourth-order valence-corrected chi connectivity index (χ4v) is 3.48. The van der Waals surface area contributed by atoms with Crippen molar-refractivity contribution in [3.05, 3.63) is 11.7 Å². The van der Waals surface area contributed by atoms with Crippen molar-refractivity contribution in [2.24, 2.45) is 5.73 Å². The van der Waals surface area contributed by atoms with Crippen molar-refractivity contribution >= 4 is 12.4 Å². The molecule has 1 aromatic heterocycles. The lowest BCUT2D eigenvalue weighted by molar-refractivity contribution is 0.178. The van der Waals surface area contributed by atoms with Crippen LogP contribution in [0.4, 0.5) is 0 Å². The molecule has 2 fully saturated rings. The maximum Gasteiger partial charge on any atom is 0.243 e. The van der Waals surface area contributed by atoms with Crippen LogP contribution in [-0.2, 0) is 5.54 Å². The molecular weight excluding hydrogens is 288 g/mol. The summed E-state index contributed by atoms with van der Waals surface area (Å²) in [7, 11) is 0. The minimum absolute atomic E-state index is 0. The van der Waals surface area contributed by atoms with Crippen LogP contribution in [0.1, 0.15) is 76.0 Å². The van der Waals surface area contributed by atoms with E-state index < -0.39 is 0 Å². The number of aromatic nitrogens is 2. The molecule has 0 radical (unpaired) electrons. The van der Waals surface area contributed by atoms with Gasteiger partial charge in [-0.3, -0.25) is 4.90 Å². The summed E-state index contributed by atoms with van der Waals surface area (Å²) in [5, 5.41) is 4.17. The molecule has 3 rings (SSSR count). The molecule has 0 spiro atoms. The lowest BCUT2D eigenvalue weighted by Crippen LogP contribution is -2.34. The number of nitrogens with two attached hydrogens (primary N) is 1. The van der Waals surface area contributed by atoms with Crippen LogP contribution >= 0.6 is 12.4 Å². The molecule has 0 bridgehead atoms. The van der Waals surface area contributed by atoms with Crippen LogP contribution in [0, 0.1) is 0 Å². The minimum atomic E-state index is -0.347. The van der Waals surface area contributed by atoms with Gasteiger partial charge >= 0.3 is 0 Å². The third-order valence-corrected chi connectivity index (χ3v) is 4.93. The zero-order valence-electron chi connectivity index (χ0n) is 12.9. The molecular formula is C15H27ClN4O. The highest BCUT2D eigenvalue weighted by molar-refractivity contribution is 5.85. The SMILES string of the molecule is CC(c1nc(C2(N)CCCC2)no1)N1CCCCCC1.Cl. The van der Waals surface area contributed by atoms with Crippen molar-refractivity contribution in [1.29, 1.82) is 0 Å². The number of rotatable bonds is 3. The van der Waals surface area contributed by atoms with Crippen molar-refractivity contribution in [3.8, 4) is 0 Å². The highest BCUT2D eigenvalue weighted by Gasteiger charge is 2.36. The van der Waals surface area contributed by atoms with Crippen LogP contribution in [0.5, 0.6) is 0 Å². The predicted molar refractivity (Wildman–Crippen MR) is 84.3 cm³/mol. The van der Waals surface area contributed by atoms with Gasteiger partial charge in [-0.05, 0) is 45.7 Å². The van der Waals surface area contributed by atoms with Crippen LogP contribution in [0.3, 0.4) is 0 Å². The quantitative estimate of drug-likeness (QED) is 0.928. The Morgan fingerprint density at radius 2 is 1.71 bits per heavy atom. The summed E-state index contributed by atoms with van der Waals surface area (Å²) in [6.07, 6.45) is 9.50. The molecule has 1 atom stereocenters. The van der Waals surface area contributed by atoms with Gasteiger partial charge in [0.05, 0.1) is 11.6 Å². The molecule has 2 heterocycles. The average molecular weight is 315 g/mol. The third kappa shape index (κ3) is 3.58. The standard InChI is InChI=1S/C15H26N4O.ClH/c1-12(19-10-6-2-3-7-11-19)13-17-14(18-20-13)15(16)8-4-5-9-15;/h12H,2-11,16H2,1H3;1H. The van der Waals surface area contributed by atoms with Gasteiger partial charge in [-0.2, -0.15) is 4.98 Å². The molecule has 2 N–H and O–H groups in total. The molecule has 6 heteroatoms. The van der Waals surface area contributed by atoms with Crippen molar-refractivity contribution in [2.45, 2.75) is 69.9 Å². The minimum Gasteiger partial charge on any atom is -0.338 e. The molecule has 0 aromatic carbocycles. The Bertz CT molecular complexity index is 437. The zero-order chi connectivity index (χ0) is 14.0. The second-order valence-electron chi connectivity index (χ2n) is 6.45. The van der Waals surface area contributed by atoms with E-state index in [1.807, 2.05) is 0 Å². The van der Waals surface area contributed by atoms with Gasteiger partial charge < -0.3 is 10.3 Å². The van der Waals surface area contributed by atoms with Gasteiger partial charge in [0.1, 0.15) is 0 Å². The van der Waals surface area contributed by atoms with E-state index in [1.54, 1.807) is 0 Å². The lowest BCUT2D eigenvalue weighted by Gasteiger charge is -2.24. The Morgan fingerprint density at radius 1 is 1.10 bits per heavy atom. The topological polar surface area (TPSA) is 68.2 Å². The summed E-state index contributed by atoms with van der Waals surface area (Å²) < 4.78 is 5.52. The Hall–Kier alpha value is -0.650. The largest absolute Gasteiger partial charge is 0.338 e. The summed E-state index contributed by atoms with van der Waals surface area (Å²) >= 11 is 0. The molecule has 21 heavy (non-hydrogen) atoms. The van der Waals surface area contributed by atoms with Gasteiger partial charge in [-0.25, -0.2) is 0 Å². The second-order valence-corrected chi connectivity index (χ2v) is 6.45. The lowest BCUT2D eigenvalue weighted by atomic mass is 9.99. The summed E-state index contributed by atoms with van der Waals surface area (Å²) in [5.74, 6) is 1.45. The summed E-state index contributed by atoms with van der Waals surface area (Å²) in [6.45, 7) is 4.43. The normalized spacial score (nSPS) is 24.3. The van der Waals surface area contributed by atoms with E-state index in [4.69, 9.17) is 10.3 Å². The van der Waals surface area contributed by atoms with E-state index in [1.165, 1.54) is 38.5 Å². The first kappa shape index (κ1) is 16.7. The van der Waals surface area contributed by atoms with Crippen molar-refractivity contribution in [2.75, 3.05) is 13.1 Å². The fraction of sp³-hybridized carbons (Fsp3) is 0.867. The van der Waals surface area contributed by atoms with Gasteiger partial charge in [0.15, 0.2) is 5.82 Å². The first-order valence-electron chi connectivity index (χ1n) is 8.06. The summed E-state index contributed by atoms with van der Waals surface area (Å²) in [5.41, 5.74) is 6.05. The number of halogens is 1. The van der Waals surface area contributed by atoms with E-state index in [-0.39, 0.29) is 24.0 Å². The van der Waals surface area contributed by atoms with Crippen LogP contribution in [0.25, 0.3) is 0 Å². The Labute approximate surface area is 133 Å². The third-order valence-electron chi connectivity index (χ3n) is 4.93. The molecule has 2 aliphatic rings. The van der Waals surface area contributed by atoms with Crippen LogP contribution < -0.4 is 5.73 Å². The van der Waals surface area contributed by atoms with Gasteiger partial charge in [-0.15, -0.1) is 12.4 Å². The zero-order valence-corrected chi connectivity index (χ0v) is 13.7. The van der Waals surface area contributed by atoms with Gasteiger partial charge in [0, 0.05) is 0 Å². The molecule has 1 saturated carbocycles. The number of nitrogens with zero attached hydrogens (tertiary/aromatic N) is 3. The molecule has 5 nitrogen and oxygen atoms in total.